The van der Waals surface area contributed by atoms with Gasteiger partial charge in [0, 0.05) is 27.3 Å². The molecule has 0 aliphatic carbocycles. The molecule has 0 fully saturated rings. The van der Waals surface area contributed by atoms with Crippen LogP contribution in [0.5, 0.6) is 0 Å². The van der Waals surface area contributed by atoms with E-state index in [0.29, 0.717) is 27.8 Å². The summed E-state index contributed by atoms with van der Waals surface area (Å²) in [4.78, 5) is 13.5. The van der Waals surface area contributed by atoms with Crippen molar-refractivity contribution >= 4 is 35.0 Å². The molecule has 0 atom stereocenters. The van der Waals surface area contributed by atoms with E-state index in [-0.39, 0.29) is 11.5 Å². The van der Waals surface area contributed by atoms with Crippen molar-refractivity contribution in [1.29, 1.82) is 0 Å². The van der Waals surface area contributed by atoms with Gasteiger partial charge in [0.2, 0.25) is 0 Å². The predicted molar refractivity (Wildman–Crippen MR) is 117 cm³/mol. The van der Waals surface area contributed by atoms with Crippen LogP contribution in [0.3, 0.4) is 0 Å². The Morgan fingerprint density at radius 2 is 1.77 bits per heavy atom. The number of nitrogens with one attached hydrogen (secondary N) is 1. The number of para-hydroxylation sites is 1. The predicted octanol–water partition coefficient (Wildman–Crippen LogP) is 6.68. The number of carbonyl (C=O) groups excluding carboxylic acids is 1. The highest BCUT2D eigenvalue weighted by atomic mass is 35.5. The monoisotopic (exact) mass is 438 g/mol. The quantitative estimate of drug-likeness (QED) is 0.341. The molecule has 1 heterocycles. The van der Waals surface area contributed by atoms with Gasteiger partial charge in [-0.3, -0.25) is 4.79 Å². The Morgan fingerprint density at radius 3 is 2.57 bits per heavy atom. The second-order valence-corrected chi connectivity index (χ2v) is 7.87. The van der Waals surface area contributed by atoms with E-state index in [2.05, 4.69) is 10.5 Å². The highest BCUT2D eigenvalue weighted by molar-refractivity contribution is 7.98. The number of hydrogen-bond donors (Lipinski definition) is 1. The van der Waals surface area contributed by atoms with E-state index in [1.54, 1.807) is 54.6 Å². The van der Waals surface area contributed by atoms with Crippen molar-refractivity contribution < 1.29 is 13.7 Å². The number of rotatable bonds is 6. The second-order valence-electron chi connectivity index (χ2n) is 6.41. The zero-order valence-electron chi connectivity index (χ0n) is 15.6. The third-order valence-electron chi connectivity index (χ3n) is 4.35. The number of benzene rings is 3. The maximum Gasteiger partial charge on any atom is 0.277 e. The molecule has 4 rings (SSSR count). The highest BCUT2D eigenvalue weighted by Gasteiger charge is 2.16. The van der Waals surface area contributed by atoms with Crippen LogP contribution in [0.1, 0.15) is 16.1 Å². The fourth-order valence-corrected chi connectivity index (χ4v) is 3.91. The molecule has 7 heteroatoms. The van der Waals surface area contributed by atoms with Gasteiger partial charge in [-0.05, 0) is 48.0 Å². The van der Waals surface area contributed by atoms with Gasteiger partial charge in [0.05, 0.1) is 5.69 Å². The van der Waals surface area contributed by atoms with E-state index in [4.69, 9.17) is 16.1 Å². The van der Waals surface area contributed by atoms with Crippen LogP contribution in [0, 0.1) is 5.82 Å². The smallest absolute Gasteiger partial charge is 0.277 e. The van der Waals surface area contributed by atoms with Gasteiger partial charge in [-0.1, -0.05) is 47.1 Å². The summed E-state index contributed by atoms with van der Waals surface area (Å²) in [6, 6.07) is 22.6. The van der Waals surface area contributed by atoms with Gasteiger partial charge in [-0.2, -0.15) is 0 Å². The molecular weight excluding hydrogens is 423 g/mol. The highest BCUT2D eigenvalue weighted by Crippen LogP contribution is 2.31. The molecule has 0 aliphatic rings. The Hall–Kier alpha value is -3.09. The zero-order chi connectivity index (χ0) is 20.9. The minimum absolute atomic E-state index is 0.161. The largest absolute Gasteiger partial charge is 0.355 e. The van der Waals surface area contributed by atoms with Crippen LogP contribution in [-0.2, 0) is 5.75 Å². The second kappa shape index (κ2) is 9.15. The molecule has 4 nitrogen and oxygen atoms in total. The minimum atomic E-state index is -0.391. The van der Waals surface area contributed by atoms with Crippen LogP contribution in [0.25, 0.3) is 11.3 Å². The van der Waals surface area contributed by atoms with Crippen LogP contribution in [0.2, 0.25) is 5.02 Å². The zero-order valence-corrected chi connectivity index (χ0v) is 17.2. The first-order chi connectivity index (χ1) is 14.6. The Bertz CT molecular complexity index is 1180. The normalized spacial score (nSPS) is 10.7. The third kappa shape index (κ3) is 4.72. The van der Waals surface area contributed by atoms with Crippen molar-refractivity contribution in [3.05, 3.63) is 101 Å². The van der Waals surface area contributed by atoms with Crippen molar-refractivity contribution in [2.24, 2.45) is 0 Å². The number of halogens is 2. The average molecular weight is 439 g/mol. The van der Waals surface area contributed by atoms with Gasteiger partial charge >= 0.3 is 0 Å². The molecule has 0 aliphatic heterocycles. The van der Waals surface area contributed by atoms with Gasteiger partial charge in [-0.25, -0.2) is 4.39 Å². The van der Waals surface area contributed by atoms with E-state index in [9.17, 15) is 9.18 Å². The third-order valence-corrected chi connectivity index (χ3v) is 5.72. The summed E-state index contributed by atoms with van der Waals surface area (Å²) in [5, 5.41) is 7.34. The Balaban J connectivity index is 1.47. The molecule has 0 spiro atoms. The summed E-state index contributed by atoms with van der Waals surface area (Å²) in [6.07, 6.45) is 0. The Labute approximate surface area is 182 Å². The van der Waals surface area contributed by atoms with Gasteiger partial charge in [-0.15, -0.1) is 11.8 Å². The summed E-state index contributed by atoms with van der Waals surface area (Å²) in [7, 11) is 0. The maximum absolute atomic E-state index is 13.9. The lowest BCUT2D eigenvalue weighted by atomic mass is 10.1. The van der Waals surface area contributed by atoms with Crippen molar-refractivity contribution in [1.82, 2.24) is 5.16 Å². The first-order valence-electron chi connectivity index (χ1n) is 9.09. The molecule has 1 aromatic heterocycles. The van der Waals surface area contributed by atoms with E-state index < -0.39 is 5.91 Å². The van der Waals surface area contributed by atoms with Gasteiger partial charge < -0.3 is 9.84 Å². The minimum Gasteiger partial charge on any atom is -0.355 e. The Kier molecular flexibility index (Phi) is 6.16. The topological polar surface area (TPSA) is 55.1 Å². The lowest BCUT2D eigenvalue weighted by Gasteiger charge is -2.10. The molecule has 4 aromatic rings. The molecule has 1 N–H and O–H groups in total. The lowest BCUT2D eigenvalue weighted by molar-refractivity contribution is 0.101. The number of thioether (sulfide) groups is 1. The van der Waals surface area contributed by atoms with E-state index in [1.807, 2.05) is 18.2 Å². The van der Waals surface area contributed by atoms with Gasteiger partial charge in [0.25, 0.3) is 5.91 Å². The molecular formula is C23H16ClFN2O2S. The first-order valence-corrected chi connectivity index (χ1v) is 10.5. The number of amides is 1. The molecule has 3 aromatic carbocycles. The van der Waals surface area contributed by atoms with E-state index >= 15 is 0 Å². The summed E-state index contributed by atoms with van der Waals surface area (Å²) in [6.45, 7) is 0. The first kappa shape index (κ1) is 20.2. The van der Waals surface area contributed by atoms with Crippen molar-refractivity contribution in [2.45, 2.75) is 10.6 Å². The van der Waals surface area contributed by atoms with Gasteiger partial charge in [0.15, 0.2) is 11.5 Å². The molecule has 0 saturated heterocycles. The number of anilines is 1. The number of hydrogen-bond acceptors (Lipinski definition) is 4. The molecule has 0 unspecified atom stereocenters. The molecule has 1 amide bonds. The summed E-state index contributed by atoms with van der Waals surface area (Å²) in [5.74, 6) is 0.283. The summed E-state index contributed by atoms with van der Waals surface area (Å²) in [5.41, 5.74) is 2.16. The number of aromatic nitrogens is 1. The maximum atomic E-state index is 13.9. The van der Waals surface area contributed by atoms with E-state index in [1.165, 1.54) is 17.8 Å². The SMILES string of the molecule is O=C(Nc1ccccc1SCc1ccccc1F)c1cc(-c2ccc(Cl)cc2)on1. The van der Waals surface area contributed by atoms with Crippen molar-refractivity contribution in [3.8, 4) is 11.3 Å². The molecule has 0 bridgehead atoms. The van der Waals surface area contributed by atoms with Crippen LogP contribution >= 0.6 is 23.4 Å². The van der Waals surface area contributed by atoms with Crippen LogP contribution < -0.4 is 5.32 Å². The molecule has 0 saturated carbocycles. The standard InChI is InChI=1S/C23H16ClFN2O2S/c24-17-11-9-15(10-12-17)21-13-20(27-29-21)23(28)26-19-7-3-4-8-22(19)30-14-16-5-1-2-6-18(16)25/h1-13H,14H2,(H,26,28). The number of carbonyl (C=O) groups is 1. The van der Waals surface area contributed by atoms with Gasteiger partial charge in [0.1, 0.15) is 5.82 Å². The van der Waals surface area contributed by atoms with Crippen molar-refractivity contribution in [3.63, 3.8) is 0 Å². The van der Waals surface area contributed by atoms with Crippen LogP contribution in [0.4, 0.5) is 10.1 Å². The number of nitrogens with zero attached hydrogens (tertiary/aromatic N) is 1. The Morgan fingerprint density at radius 1 is 1.03 bits per heavy atom. The summed E-state index contributed by atoms with van der Waals surface area (Å²) >= 11 is 7.34. The molecule has 0 radical (unpaired) electrons. The molecule has 150 valence electrons. The van der Waals surface area contributed by atoms with E-state index in [0.717, 1.165) is 10.5 Å². The fraction of sp³-hybridized carbons (Fsp3) is 0.0435. The average Bonchev–Trinajstić information content (AvgIpc) is 3.25. The fourth-order valence-electron chi connectivity index (χ4n) is 2.79. The molecule has 30 heavy (non-hydrogen) atoms. The lowest BCUT2D eigenvalue weighted by Crippen LogP contribution is -2.12. The summed E-state index contributed by atoms with van der Waals surface area (Å²) < 4.78 is 19.2. The van der Waals surface area contributed by atoms with Crippen molar-refractivity contribution in [2.75, 3.05) is 5.32 Å². The van der Waals surface area contributed by atoms with Crippen LogP contribution in [0.15, 0.2) is 88.3 Å². The van der Waals surface area contributed by atoms with Crippen LogP contribution in [-0.4, -0.2) is 11.1 Å².